The van der Waals surface area contributed by atoms with Crippen LogP contribution in [-0.4, -0.2) is 5.11 Å². The predicted octanol–water partition coefficient (Wildman–Crippen LogP) is 5.63. The summed E-state index contributed by atoms with van der Waals surface area (Å²) < 4.78 is 26.9. The van der Waals surface area contributed by atoms with Gasteiger partial charge in [0.15, 0.2) is 17.4 Å². The van der Waals surface area contributed by atoms with Crippen LogP contribution in [0.3, 0.4) is 0 Å². The second-order valence-corrected chi connectivity index (χ2v) is 6.37. The standard InChI is InChI=1S/C19H20F2O/c1-12-2-4-13(5-3-12)14-6-8-15(9-7-14)16-10-17(20)19(22)18(21)11-16/h6-13,22H,2-5H2,1H3. The van der Waals surface area contributed by atoms with Crippen molar-refractivity contribution in [1.29, 1.82) is 0 Å². The van der Waals surface area contributed by atoms with Crippen molar-refractivity contribution < 1.29 is 13.9 Å². The number of hydrogen-bond acceptors (Lipinski definition) is 1. The molecule has 0 amide bonds. The van der Waals surface area contributed by atoms with Crippen molar-refractivity contribution in [3.8, 4) is 16.9 Å². The van der Waals surface area contributed by atoms with Crippen molar-refractivity contribution in [2.24, 2.45) is 5.92 Å². The number of halogens is 2. The second-order valence-electron chi connectivity index (χ2n) is 6.37. The summed E-state index contributed by atoms with van der Waals surface area (Å²) in [4.78, 5) is 0. The Morgan fingerprint density at radius 2 is 1.41 bits per heavy atom. The SMILES string of the molecule is CC1CCC(c2ccc(-c3cc(F)c(O)c(F)c3)cc2)CC1. The predicted molar refractivity (Wildman–Crippen MR) is 83.8 cm³/mol. The molecule has 116 valence electrons. The topological polar surface area (TPSA) is 20.2 Å². The van der Waals surface area contributed by atoms with Gasteiger partial charge in [0, 0.05) is 0 Å². The highest BCUT2D eigenvalue weighted by Crippen LogP contribution is 2.36. The number of rotatable bonds is 2. The lowest BCUT2D eigenvalue weighted by Crippen LogP contribution is -2.10. The zero-order valence-electron chi connectivity index (χ0n) is 12.7. The Morgan fingerprint density at radius 3 is 1.95 bits per heavy atom. The number of hydrogen-bond donors (Lipinski definition) is 1. The van der Waals surface area contributed by atoms with Crippen LogP contribution < -0.4 is 0 Å². The van der Waals surface area contributed by atoms with Crippen LogP contribution in [0.2, 0.25) is 0 Å². The molecule has 2 aromatic carbocycles. The molecule has 0 saturated heterocycles. The fourth-order valence-electron chi connectivity index (χ4n) is 3.27. The fourth-order valence-corrected chi connectivity index (χ4v) is 3.27. The van der Waals surface area contributed by atoms with Crippen LogP contribution in [-0.2, 0) is 0 Å². The van der Waals surface area contributed by atoms with E-state index in [1.807, 2.05) is 12.1 Å². The van der Waals surface area contributed by atoms with Crippen LogP contribution in [0.15, 0.2) is 36.4 Å². The summed E-state index contributed by atoms with van der Waals surface area (Å²) in [6, 6.07) is 10.2. The van der Waals surface area contributed by atoms with Gasteiger partial charge in [-0.15, -0.1) is 0 Å². The lowest BCUT2D eigenvalue weighted by molar-refractivity contribution is 0.348. The van der Waals surface area contributed by atoms with E-state index in [0.717, 1.165) is 23.6 Å². The highest BCUT2D eigenvalue weighted by atomic mass is 19.1. The largest absolute Gasteiger partial charge is 0.503 e. The molecular weight excluding hydrogens is 282 g/mol. The highest BCUT2D eigenvalue weighted by molar-refractivity contribution is 5.65. The number of phenolic OH excluding ortho intramolecular Hbond substituents is 1. The summed E-state index contributed by atoms with van der Waals surface area (Å²) in [6.07, 6.45) is 4.95. The number of benzene rings is 2. The molecule has 0 heterocycles. The van der Waals surface area contributed by atoms with Crippen molar-refractivity contribution in [3.05, 3.63) is 53.6 Å². The summed E-state index contributed by atoms with van der Waals surface area (Å²) in [7, 11) is 0. The molecule has 0 spiro atoms. The van der Waals surface area contributed by atoms with E-state index in [0.29, 0.717) is 11.5 Å². The van der Waals surface area contributed by atoms with E-state index in [4.69, 9.17) is 5.11 Å². The van der Waals surface area contributed by atoms with Crippen molar-refractivity contribution >= 4 is 0 Å². The molecule has 2 aromatic rings. The molecule has 0 aromatic heterocycles. The van der Waals surface area contributed by atoms with E-state index in [1.54, 1.807) is 0 Å². The van der Waals surface area contributed by atoms with Gasteiger partial charge in [-0.25, -0.2) is 8.78 Å². The monoisotopic (exact) mass is 302 g/mol. The molecule has 3 rings (SSSR count). The van der Waals surface area contributed by atoms with E-state index in [9.17, 15) is 8.78 Å². The molecule has 0 radical (unpaired) electrons. The number of aromatic hydroxyl groups is 1. The van der Waals surface area contributed by atoms with E-state index in [-0.39, 0.29) is 0 Å². The lowest BCUT2D eigenvalue weighted by atomic mass is 9.79. The van der Waals surface area contributed by atoms with E-state index >= 15 is 0 Å². The van der Waals surface area contributed by atoms with Gasteiger partial charge in [0.05, 0.1) is 0 Å². The molecule has 22 heavy (non-hydrogen) atoms. The van der Waals surface area contributed by atoms with Crippen molar-refractivity contribution in [1.82, 2.24) is 0 Å². The minimum atomic E-state index is -0.930. The molecule has 1 N–H and O–H groups in total. The molecule has 0 bridgehead atoms. The Labute approximate surface area is 129 Å². The van der Waals surface area contributed by atoms with Gasteiger partial charge in [-0.05, 0) is 53.5 Å². The normalized spacial score (nSPS) is 21.8. The van der Waals surface area contributed by atoms with Gasteiger partial charge in [0.1, 0.15) is 0 Å². The molecule has 0 unspecified atom stereocenters. The summed E-state index contributed by atoms with van der Waals surface area (Å²) in [5.41, 5.74) is 2.50. The molecule has 1 aliphatic carbocycles. The Bertz CT molecular complexity index is 633. The molecule has 1 saturated carbocycles. The zero-order chi connectivity index (χ0) is 15.7. The molecular formula is C19H20F2O. The second kappa shape index (κ2) is 6.07. The van der Waals surface area contributed by atoms with Crippen LogP contribution in [0.25, 0.3) is 11.1 Å². The van der Waals surface area contributed by atoms with Gasteiger partial charge >= 0.3 is 0 Å². The molecule has 0 aliphatic heterocycles. The lowest BCUT2D eigenvalue weighted by Gasteiger charge is -2.26. The van der Waals surface area contributed by atoms with Gasteiger partial charge in [-0.1, -0.05) is 44.0 Å². The number of phenols is 1. The first-order valence-electron chi connectivity index (χ1n) is 7.83. The summed E-state index contributed by atoms with van der Waals surface area (Å²) >= 11 is 0. The third-order valence-electron chi connectivity index (χ3n) is 4.75. The maximum Gasteiger partial charge on any atom is 0.187 e. The zero-order valence-corrected chi connectivity index (χ0v) is 12.7. The third kappa shape index (κ3) is 2.99. The Kier molecular flexibility index (Phi) is 4.14. The fraction of sp³-hybridized carbons (Fsp3) is 0.368. The Hall–Kier alpha value is -1.90. The van der Waals surface area contributed by atoms with Crippen molar-refractivity contribution in [3.63, 3.8) is 0 Å². The molecule has 0 atom stereocenters. The maximum atomic E-state index is 13.4. The van der Waals surface area contributed by atoms with E-state index in [2.05, 4.69) is 19.1 Å². The summed E-state index contributed by atoms with van der Waals surface area (Å²) in [6.45, 7) is 2.30. The Morgan fingerprint density at radius 1 is 0.864 bits per heavy atom. The first-order chi connectivity index (χ1) is 10.5. The third-order valence-corrected chi connectivity index (χ3v) is 4.75. The first-order valence-corrected chi connectivity index (χ1v) is 7.83. The van der Waals surface area contributed by atoms with Gasteiger partial charge < -0.3 is 5.11 Å². The minimum Gasteiger partial charge on any atom is -0.503 e. The van der Waals surface area contributed by atoms with Crippen molar-refractivity contribution in [2.75, 3.05) is 0 Å². The highest BCUT2D eigenvalue weighted by Gasteiger charge is 2.19. The smallest absolute Gasteiger partial charge is 0.187 e. The minimum absolute atomic E-state index is 0.441. The average molecular weight is 302 g/mol. The molecule has 1 aliphatic rings. The van der Waals surface area contributed by atoms with Crippen LogP contribution >= 0.6 is 0 Å². The van der Waals surface area contributed by atoms with E-state index < -0.39 is 17.4 Å². The molecule has 1 nitrogen and oxygen atoms in total. The molecule has 1 fully saturated rings. The maximum absolute atomic E-state index is 13.4. The van der Waals surface area contributed by atoms with Crippen LogP contribution in [0.4, 0.5) is 8.78 Å². The van der Waals surface area contributed by atoms with Gasteiger partial charge in [-0.2, -0.15) is 0 Å². The van der Waals surface area contributed by atoms with Crippen LogP contribution in [0.1, 0.15) is 44.1 Å². The average Bonchev–Trinajstić information content (AvgIpc) is 2.53. The quantitative estimate of drug-likeness (QED) is 0.762. The van der Waals surface area contributed by atoms with Gasteiger partial charge in [0.25, 0.3) is 0 Å². The Balaban J connectivity index is 1.82. The van der Waals surface area contributed by atoms with Crippen molar-refractivity contribution in [2.45, 2.75) is 38.5 Å². The first kappa shape index (κ1) is 15.0. The van der Waals surface area contributed by atoms with Crippen LogP contribution in [0.5, 0.6) is 5.75 Å². The van der Waals surface area contributed by atoms with Gasteiger partial charge in [0.2, 0.25) is 0 Å². The van der Waals surface area contributed by atoms with Crippen LogP contribution in [0, 0.1) is 17.6 Å². The summed E-state index contributed by atoms with van der Waals surface area (Å²) in [5, 5.41) is 9.16. The van der Waals surface area contributed by atoms with E-state index in [1.165, 1.54) is 31.2 Å². The molecule has 3 heteroatoms. The van der Waals surface area contributed by atoms with Gasteiger partial charge in [-0.3, -0.25) is 0 Å². The summed E-state index contributed by atoms with van der Waals surface area (Å²) in [5.74, 6) is -1.37.